The Morgan fingerprint density at radius 2 is 2.00 bits per heavy atom. The summed E-state index contributed by atoms with van der Waals surface area (Å²) in [6, 6.07) is 12.1. The van der Waals surface area contributed by atoms with Gasteiger partial charge in [0.25, 0.3) is 0 Å². The Balaban J connectivity index is 1.87. The second-order valence-electron chi connectivity index (χ2n) is 5.37. The van der Waals surface area contributed by atoms with Crippen LogP contribution in [0, 0.1) is 5.82 Å². The van der Waals surface area contributed by atoms with E-state index in [0.717, 1.165) is 0 Å². The molecule has 0 aliphatic heterocycles. The molecule has 0 fully saturated rings. The topological polar surface area (TPSA) is 77.8 Å². The maximum atomic E-state index is 13.7. The summed E-state index contributed by atoms with van der Waals surface area (Å²) in [6.45, 7) is 1.93. The maximum absolute atomic E-state index is 13.7. The highest BCUT2D eigenvalue weighted by atomic mass is 19.1. The third-order valence-corrected chi connectivity index (χ3v) is 3.57. The number of para-hydroxylation sites is 1. The Bertz CT molecular complexity index is 999. The van der Waals surface area contributed by atoms with E-state index < -0.39 is 17.5 Å². The first-order valence-electron chi connectivity index (χ1n) is 7.94. The van der Waals surface area contributed by atoms with Crippen LogP contribution in [0.1, 0.15) is 12.5 Å². The smallest absolute Gasteiger partial charge is 0.411 e. The highest BCUT2D eigenvalue weighted by molar-refractivity contribution is 5.89. The number of nitrogens with one attached hydrogen (secondary N) is 1. The first kappa shape index (κ1) is 17.5. The lowest BCUT2D eigenvalue weighted by Gasteiger charge is -2.10. The van der Waals surface area contributed by atoms with Gasteiger partial charge in [-0.1, -0.05) is 12.1 Å². The Hall–Kier alpha value is -3.35. The monoisotopic (exact) mass is 357 g/mol. The minimum absolute atomic E-state index is 0.00626. The molecule has 0 saturated carbocycles. The Labute approximate surface area is 148 Å². The van der Waals surface area contributed by atoms with Crippen molar-refractivity contribution in [3.8, 4) is 5.75 Å². The fourth-order valence-corrected chi connectivity index (χ4v) is 2.43. The van der Waals surface area contributed by atoms with Crippen molar-refractivity contribution in [1.82, 2.24) is 0 Å². The molecule has 2 aromatic carbocycles. The zero-order chi connectivity index (χ0) is 18.5. The van der Waals surface area contributed by atoms with Crippen molar-refractivity contribution < 1.29 is 23.1 Å². The molecule has 0 atom stereocenters. The van der Waals surface area contributed by atoms with Gasteiger partial charge in [-0.25, -0.2) is 14.0 Å². The predicted molar refractivity (Wildman–Crippen MR) is 93.9 cm³/mol. The zero-order valence-electron chi connectivity index (χ0n) is 14.0. The van der Waals surface area contributed by atoms with E-state index in [9.17, 15) is 14.0 Å². The van der Waals surface area contributed by atoms with Crippen LogP contribution in [-0.2, 0) is 11.3 Å². The van der Waals surface area contributed by atoms with Crippen molar-refractivity contribution in [1.29, 1.82) is 0 Å². The number of amides is 1. The van der Waals surface area contributed by atoms with Crippen molar-refractivity contribution in [2.24, 2.45) is 0 Å². The van der Waals surface area contributed by atoms with Crippen LogP contribution in [0.3, 0.4) is 0 Å². The van der Waals surface area contributed by atoms with E-state index in [-0.39, 0.29) is 24.5 Å². The van der Waals surface area contributed by atoms with Crippen molar-refractivity contribution in [3.05, 3.63) is 70.3 Å². The van der Waals surface area contributed by atoms with Crippen LogP contribution in [0.4, 0.5) is 14.9 Å². The molecular formula is C19H16FNO5. The lowest BCUT2D eigenvalue weighted by Crippen LogP contribution is -2.13. The second-order valence-corrected chi connectivity index (χ2v) is 5.37. The molecule has 0 unspecified atom stereocenters. The van der Waals surface area contributed by atoms with E-state index >= 15 is 0 Å². The van der Waals surface area contributed by atoms with Gasteiger partial charge < -0.3 is 13.9 Å². The van der Waals surface area contributed by atoms with Gasteiger partial charge in [0.15, 0.2) is 11.6 Å². The van der Waals surface area contributed by atoms with Gasteiger partial charge in [0.05, 0.1) is 6.61 Å². The van der Waals surface area contributed by atoms with E-state index in [1.54, 1.807) is 31.2 Å². The molecule has 0 bridgehead atoms. The summed E-state index contributed by atoms with van der Waals surface area (Å²) in [5.74, 6) is -0.393. The van der Waals surface area contributed by atoms with Crippen LogP contribution in [0.2, 0.25) is 0 Å². The fourth-order valence-electron chi connectivity index (χ4n) is 2.43. The third-order valence-electron chi connectivity index (χ3n) is 3.57. The van der Waals surface area contributed by atoms with Gasteiger partial charge in [-0.15, -0.1) is 0 Å². The predicted octanol–water partition coefficient (Wildman–Crippen LogP) is 4.08. The van der Waals surface area contributed by atoms with Gasteiger partial charge in [-0.2, -0.15) is 0 Å². The van der Waals surface area contributed by atoms with Crippen LogP contribution in [0.5, 0.6) is 5.75 Å². The van der Waals surface area contributed by atoms with Gasteiger partial charge in [-0.3, -0.25) is 5.32 Å². The average Bonchev–Trinajstić information content (AvgIpc) is 2.60. The van der Waals surface area contributed by atoms with E-state index in [1.807, 2.05) is 0 Å². The van der Waals surface area contributed by atoms with Crippen LogP contribution < -0.4 is 15.7 Å². The van der Waals surface area contributed by atoms with Crippen molar-refractivity contribution in [2.45, 2.75) is 13.5 Å². The Morgan fingerprint density at radius 1 is 1.19 bits per heavy atom. The summed E-state index contributed by atoms with van der Waals surface area (Å²) in [7, 11) is 0. The molecule has 0 aliphatic carbocycles. The van der Waals surface area contributed by atoms with Gasteiger partial charge in [0, 0.05) is 28.8 Å². The van der Waals surface area contributed by atoms with E-state index in [4.69, 9.17) is 13.9 Å². The van der Waals surface area contributed by atoms with Crippen LogP contribution in [0.15, 0.2) is 57.7 Å². The van der Waals surface area contributed by atoms with Crippen LogP contribution in [-0.4, -0.2) is 12.7 Å². The summed E-state index contributed by atoms with van der Waals surface area (Å²) in [4.78, 5) is 23.3. The zero-order valence-corrected chi connectivity index (χ0v) is 14.0. The number of carbonyl (C=O) groups excluding carboxylic acids is 1. The molecule has 134 valence electrons. The molecule has 0 saturated heterocycles. The van der Waals surface area contributed by atoms with Gasteiger partial charge in [0.1, 0.15) is 12.2 Å². The Morgan fingerprint density at radius 3 is 2.77 bits per heavy atom. The summed E-state index contributed by atoms with van der Waals surface area (Å²) in [5.41, 5.74) is 0.672. The molecule has 0 radical (unpaired) electrons. The van der Waals surface area contributed by atoms with Crippen molar-refractivity contribution in [2.75, 3.05) is 11.9 Å². The summed E-state index contributed by atoms with van der Waals surface area (Å²) < 4.78 is 29.1. The minimum atomic E-state index is -0.603. The molecular weight excluding hydrogens is 341 g/mol. The van der Waals surface area contributed by atoms with E-state index in [1.165, 1.54) is 24.3 Å². The molecule has 26 heavy (non-hydrogen) atoms. The lowest BCUT2D eigenvalue weighted by molar-refractivity contribution is 0.168. The summed E-state index contributed by atoms with van der Waals surface area (Å²) >= 11 is 0. The maximum Gasteiger partial charge on any atom is 0.411 e. The molecule has 0 spiro atoms. The molecule has 1 heterocycles. The number of anilines is 1. The average molecular weight is 357 g/mol. The number of halogens is 1. The second kappa shape index (κ2) is 7.69. The molecule has 1 aromatic heterocycles. The number of benzene rings is 2. The summed E-state index contributed by atoms with van der Waals surface area (Å²) in [5, 5.41) is 3.16. The lowest BCUT2D eigenvalue weighted by atomic mass is 10.1. The largest absolute Gasteiger partial charge is 0.486 e. The first-order chi connectivity index (χ1) is 12.6. The number of fused-ring (bicyclic) bond motifs is 1. The van der Waals surface area contributed by atoms with Crippen LogP contribution in [0.25, 0.3) is 11.0 Å². The number of hydrogen-bond acceptors (Lipinski definition) is 5. The summed E-state index contributed by atoms with van der Waals surface area (Å²) in [6.07, 6.45) is -0.603. The fraction of sp³-hybridized carbons (Fsp3) is 0.158. The standard InChI is InChI=1S/C19H16FNO5/c1-2-24-19(23)21-13-7-8-14-12(9-18(22)26-17(14)10-13)11-25-16-6-4-3-5-15(16)20/h3-10H,2,11H2,1H3,(H,21,23). The highest BCUT2D eigenvalue weighted by Crippen LogP contribution is 2.23. The number of hydrogen-bond donors (Lipinski definition) is 1. The van der Waals surface area contributed by atoms with Gasteiger partial charge in [0.2, 0.25) is 0 Å². The molecule has 3 rings (SSSR count). The van der Waals surface area contributed by atoms with Crippen molar-refractivity contribution in [3.63, 3.8) is 0 Å². The molecule has 1 N–H and O–H groups in total. The van der Waals surface area contributed by atoms with Crippen molar-refractivity contribution >= 4 is 22.7 Å². The SMILES string of the molecule is CCOC(=O)Nc1ccc2c(COc3ccccc3F)cc(=O)oc2c1. The van der Waals surface area contributed by atoms with Gasteiger partial charge >= 0.3 is 11.7 Å². The third kappa shape index (κ3) is 4.00. The molecule has 7 heteroatoms. The van der Waals surface area contributed by atoms with E-state index in [0.29, 0.717) is 16.6 Å². The van der Waals surface area contributed by atoms with Crippen LogP contribution >= 0.6 is 0 Å². The minimum Gasteiger partial charge on any atom is -0.486 e. The number of carbonyl (C=O) groups is 1. The Kier molecular flexibility index (Phi) is 5.17. The number of rotatable bonds is 5. The molecule has 1 amide bonds. The molecule has 3 aromatic rings. The van der Waals surface area contributed by atoms with E-state index in [2.05, 4.69) is 5.32 Å². The highest BCUT2D eigenvalue weighted by Gasteiger charge is 2.10. The molecule has 6 nitrogen and oxygen atoms in total. The molecule has 0 aliphatic rings. The first-order valence-corrected chi connectivity index (χ1v) is 7.94. The van der Waals surface area contributed by atoms with Gasteiger partial charge in [-0.05, 0) is 31.2 Å². The number of ether oxygens (including phenoxy) is 2. The quantitative estimate of drug-likeness (QED) is 0.696. The normalized spacial score (nSPS) is 10.5.